The molecule has 132 valence electrons. The van der Waals surface area contributed by atoms with Gasteiger partial charge in [-0.2, -0.15) is 0 Å². The number of sulfone groups is 1. The average molecular weight is 354 g/mol. The molecule has 0 saturated carbocycles. The summed E-state index contributed by atoms with van der Waals surface area (Å²) >= 11 is 0. The molecule has 1 unspecified atom stereocenters. The van der Waals surface area contributed by atoms with Crippen LogP contribution in [0.3, 0.4) is 0 Å². The van der Waals surface area contributed by atoms with Gasteiger partial charge in [-0.1, -0.05) is 0 Å². The van der Waals surface area contributed by atoms with Gasteiger partial charge in [-0.05, 0) is 6.42 Å². The first-order chi connectivity index (χ1) is 11.5. The van der Waals surface area contributed by atoms with E-state index in [0.29, 0.717) is 25.5 Å². The van der Waals surface area contributed by atoms with Gasteiger partial charge in [0.15, 0.2) is 15.6 Å². The third kappa shape index (κ3) is 3.33. The molecular formula is C15H22N4O4S. The lowest BCUT2D eigenvalue weighted by Crippen LogP contribution is -2.45. The molecule has 1 aromatic rings. The first-order valence-electron chi connectivity index (χ1n) is 8.36. The van der Waals surface area contributed by atoms with Crippen LogP contribution in [0.4, 0.5) is 11.6 Å². The summed E-state index contributed by atoms with van der Waals surface area (Å²) in [6, 6.07) is 1.82. The number of rotatable bonds is 3. The quantitative estimate of drug-likeness (QED) is 0.835. The Hall–Kier alpha value is -1.45. The van der Waals surface area contributed by atoms with Crippen molar-refractivity contribution in [2.24, 2.45) is 0 Å². The van der Waals surface area contributed by atoms with Gasteiger partial charge in [-0.15, -0.1) is 0 Å². The molecular weight excluding hydrogens is 332 g/mol. The minimum absolute atomic E-state index is 0.0670. The Morgan fingerprint density at radius 2 is 1.96 bits per heavy atom. The van der Waals surface area contributed by atoms with Crippen LogP contribution in [0.25, 0.3) is 0 Å². The first kappa shape index (κ1) is 16.0. The molecule has 0 radical (unpaired) electrons. The molecule has 0 aliphatic carbocycles. The molecule has 1 spiro atoms. The summed E-state index contributed by atoms with van der Waals surface area (Å²) in [5.74, 6) is 1.55. The van der Waals surface area contributed by atoms with E-state index >= 15 is 0 Å². The molecule has 3 aliphatic rings. The van der Waals surface area contributed by atoms with Crippen LogP contribution < -0.4 is 10.2 Å². The van der Waals surface area contributed by atoms with Gasteiger partial charge in [-0.3, -0.25) is 0 Å². The zero-order valence-corrected chi connectivity index (χ0v) is 14.3. The van der Waals surface area contributed by atoms with Crippen molar-refractivity contribution in [1.29, 1.82) is 0 Å². The Kier molecular flexibility index (Phi) is 4.09. The van der Waals surface area contributed by atoms with Gasteiger partial charge in [0.05, 0.1) is 24.7 Å². The molecule has 24 heavy (non-hydrogen) atoms. The fourth-order valence-corrected chi connectivity index (χ4v) is 5.25. The molecule has 1 N–H and O–H groups in total. The first-order valence-corrected chi connectivity index (χ1v) is 10.2. The zero-order chi connectivity index (χ0) is 16.6. The van der Waals surface area contributed by atoms with Gasteiger partial charge in [0.2, 0.25) is 0 Å². The summed E-state index contributed by atoms with van der Waals surface area (Å²) in [5, 5.41) is 3.22. The lowest BCUT2D eigenvalue weighted by molar-refractivity contribution is -0.169. The van der Waals surface area contributed by atoms with Gasteiger partial charge >= 0.3 is 0 Å². The van der Waals surface area contributed by atoms with Gasteiger partial charge in [0.1, 0.15) is 18.0 Å². The van der Waals surface area contributed by atoms with Crippen LogP contribution in [-0.4, -0.2) is 68.0 Å². The van der Waals surface area contributed by atoms with Crippen molar-refractivity contribution >= 4 is 21.5 Å². The second kappa shape index (κ2) is 6.12. The number of aromatic nitrogens is 2. The van der Waals surface area contributed by atoms with Crippen LogP contribution in [0, 0.1) is 0 Å². The standard InChI is InChI=1S/C15H22N4O4S/c20-24(21)8-1-12(10-24)18-13-9-14(17-11-16-13)19-4-2-15(3-5-19)22-6-7-23-15/h9,11-12H,1-8,10H2,(H,16,17,18). The molecule has 3 saturated heterocycles. The third-order valence-electron chi connectivity index (χ3n) is 4.90. The molecule has 4 heterocycles. The highest BCUT2D eigenvalue weighted by atomic mass is 32.2. The van der Waals surface area contributed by atoms with Crippen LogP contribution in [0.5, 0.6) is 0 Å². The van der Waals surface area contributed by atoms with Crippen molar-refractivity contribution in [3.05, 3.63) is 12.4 Å². The lowest BCUT2D eigenvalue weighted by Gasteiger charge is -2.38. The summed E-state index contributed by atoms with van der Waals surface area (Å²) < 4.78 is 34.6. The maximum atomic E-state index is 11.6. The van der Waals surface area contributed by atoms with Gasteiger partial charge < -0.3 is 19.7 Å². The molecule has 3 fully saturated rings. The minimum atomic E-state index is -2.90. The molecule has 0 bridgehead atoms. The Morgan fingerprint density at radius 3 is 2.62 bits per heavy atom. The smallest absolute Gasteiger partial charge is 0.171 e. The van der Waals surface area contributed by atoms with E-state index in [-0.39, 0.29) is 17.5 Å². The monoisotopic (exact) mass is 354 g/mol. The van der Waals surface area contributed by atoms with Crippen LogP contribution >= 0.6 is 0 Å². The molecule has 0 amide bonds. The summed E-state index contributed by atoms with van der Waals surface area (Å²) in [6.07, 6.45) is 3.79. The van der Waals surface area contributed by atoms with Crippen molar-refractivity contribution in [2.45, 2.75) is 31.1 Å². The Balaban J connectivity index is 1.40. The second-order valence-corrected chi connectivity index (χ2v) is 8.83. The van der Waals surface area contributed by atoms with Gasteiger partial charge in [-0.25, -0.2) is 18.4 Å². The summed E-state index contributed by atoms with van der Waals surface area (Å²) in [6.45, 7) is 2.97. The highest BCUT2D eigenvalue weighted by molar-refractivity contribution is 7.91. The second-order valence-electron chi connectivity index (χ2n) is 6.60. The van der Waals surface area contributed by atoms with E-state index in [2.05, 4.69) is 20.2 Å². The number of ether oxygens (including phenoxy) is 2. The number of hydrogen-bond acceptors (Lipinski definition) is 8. The van der Waals surface area contributed by atoms with Gasteiger partial charge in [0.25, 0.3) is 0 Å². The Labute approximate surface area is 141 Å². The molecule has 8 nitrogen and oxygen atoms in total. The van der Waals surface area contributed by atoms with E-state index < -0.39 is 15.6 Å². The maximum Gasteiger partial charge on any atom is 0.171 e. The summed E-state index contributed by atoms with van der Waals surface area (Å²) in [4.78, 5) is 10.8. The van der Waals surface area contributed by atoms with E-state index in [0.717, 1.165) is 31.7 Å². The predicted molar refractivity (Wildman–Crippen MR) is 88.8 cm³/mol. The maximum absolute atomic E-state index is 11.6. The molecule has 3 aliphatic heterocycles. The number of nitrogens with zero attached hydrogens (tertiary/aromatic N) is 3. The van der Waals surface area contributed by atoms with Crippen molar-refractivity contribution in [3.63, 3.8) is 0 Å². The topological polar surface area (TPSA) is 93.7 Å². The van der Waals surface area contributed by atoms with E-state index in [1.807, 2.05) is 6.07 Å². The summed E-state index contributed by atoms with van der Waals surface area (Å²) in [7, 11) is -2.90. The number of anilines is 2. The van der Waals surface area contributed by atoms with Crippen LogP contribution in [-0.2, 0) is 19.3 Å². The van der Waals surface area contributed by atoms with Crippen LogP contribution in [0.2, 0.25) is 0 Å². The lowest BCUT2D eigenvalue weighted by atomic mass is 10.0. The van der Waals surface area contributed by atoms with Crippen LogP contribution in [0.15, 0.2) is 12.4 Å². The zero-order valence-electron chi connectivity index (χ0n) is 13.5. The highest BCUT2D eigenvalue weighted by Gasteiger charge is 2.40. The Bertz CT molecular complexity index is 695. The van der Waals surface area contributed by atoms with Crippen LogP contribution in [0.1, 0.15) is 19.3 Å². The average Bonchev–Trinajstić information content (AvgIpc) is 3.15. The Morgan fingerprint density at radius 1 is 1.21 bits per heavy atom. The van der Waals surface area contributed by atoms with Crippen molar-refractivity contribution < 1.29 is 17.9 Å². The van der Waals surface area contributed by atoms with E-state index in [9.17, 15) is 8.42 Å². The molecule has 4 rings (SSSR count). The van der Waals surface area contributed by atoms with E-state index in [1.165, 1.54) is 6.33 Å². The predicted octanol–water partition coefficient (Wildman–Crippen LogP) is 0.419. The minimum Gasteiger partial charge on any atom is -0.366 e. The number of hydrogen-bond donors (Lipinski definition) is 1. The normalized spacial score (nSPS) is 28.3. The molecule has 1 aromatic heterocycles. The molecule has 9 heteroatoms. The van der Waals surface area contributed by atoms with Crippen molar-refractivity contribution in [3.8, 4) is 0 Å². The fourth-order valence-electron chi connectivity index (χ4n) is 3.58. The van der Waals surface area contributed by atoms with Crippen molar-refractivity contribution in [1.82, 2.24) is 9.97 Å². The molecule has 0 aromatic carbocycles. The van der Waals surface area contributed by atoms with Gasteiger partial charge in [0, 0.05) is 38.0 Å². The number of nitrogens with one attached hydrogen (secondary N) is 1. The van der Waals surface area contributed by atoms with Crippen molar-refractivity contribution in [2.75, 3.05) is 48.0 Å². The SMILES string of the molecule is O=S1(=O)CCC(Nc2cc(N3CCC4(CC3)OCCO4)ncn2)C1. The molecule has 1 atom stereocenters. The summed E-state index contributed by atoms with van der Waals surface area (Å²) in [5.41, 5.74) is 0. The third-order valence-corrected chi connectivity index (χ3v) is 6.67. The van der Waals surface area contributed by atoms with E-state index in [4.69, 9.17) is 9.47 Å². The van der Waals surface area contributed by atoms with E-state index in [1.54, 1.807) is 0 Å². The highest BCUT2D eigenvalue weighted by Crippen LogP contribution is 2.33. The fraction of sp³-hybridized carbons (Fsp3) is 0.733. The number of piperidine rings is 1. The largest absolute Gasteiger partial charge is 0.366 e.